The topological polar surface area (TPSA) is 36.4 Å². The standard InChI is InChI=1S/C10H12ClN3O/c11-10(15)14-7-5-13(6-8-14)9-1-3-12-4-2-9/h1-4H,5-8H2. The minimum absolute atomic E-state index is 0.357. The van der Waals surface area contributed by atoms with Crippen LogP contribution in [0.4, 0.5) is 10.5 Å². The number of hydrogen-bond acceptors (Lipinski definition) is 3. The average molecular weight is 226 g/mol. The lowest BCUT2D eigenvalue weighted by Gasteiger charge is -2.34. The Labute approximate surface area is 93.5 Å². The van der Waals surface area contributed by atoms with Crippen LogP contribution in [-0.2, 0) is 0 Å². The molecular weight excluding hydrogens is 214 g/mol. The summed E-state index contributed by atoms with van der Waals surface area (Å²) < 4.78 is 0. The van der Waals surface area contributed by atoms with Crippen molar-refractivity contribution in [3.05, 3.63) is 24.5 Å². The smallest absolute Gasteiger partial charge is 0.316 e. The molecule has 0 aromatic carbocycles. The molecule has 0 aliphatic carbocycles. The first-order valence-corrected chi connectivity index (χ1v) is 5.24. The van der Waals surface area contributed by atoms with Crippen molar-refractivity contribution in [2.75, 3.05) is 31.1 Å². The quantitative estimate of drug-likeness (QED) is 0.538. The zero-order valence-corrected chi connectivity index (χ0v) is 9.02. The van der Waals surface area contributed by atoms with Gasteiger partial charge in [0.2, 0.25) is 0 Å². The molecule has 0 unspecified atom stereocenters. The van der Waals surface area contributed by atoms with Crippen molar-refractivity contribution < 1.29 is 4.79 Å². The number of anilines is 1. The van der Waals surface area contributed by atoms with Crippen molar-refractivity contribution in [1.29, 1.82) is 0 Å². The van der Waals surface area contributed by atoms with E-state index in [0.717, 1.165) is 18.8 Å². The van der Waals surface area contributed by atoms with Gasteiger partial charge < -0.3 is 9.80 Å². The molecule has 2 rings (SSSR count). The number of rotatable bonds is 1. The molecule has 1 aliphatic rings. The first-order valence-electron chi connectivity index (χ1n) is 4.87. The van der Waals surface area contributed by atoms with Gasteiger partial charge in [-0.1, -0.05) is 0 Å². The highest BCUT2D eigenvalue weighted by atomic mass is 35.5. The van der Waals surface area contributed by atoms with Gasteiger partial charge in [-0.25, -0.2) is 0 Å². The number of pyridine rings is 1. The van der Waals surface area contributed by atoms with Crippen LogP contribution < -0.4 is 4.90 Å². The third-order valence-electron chi connectivity index (χ3n) is 2.56. The third kappa shape index (κ3) is 2.39. The van der Waals surface area contributed by atoms with E-state index in [2.05, 4.69) is 9.88 Å². The summed E-state index contributed by atoms with van der Waals surface area (Å²) >= 11 is 5.41. The van der Waals surface area contributed by atoms with E-state index < -0.39 is 0 Å². The molecule has 0 bridgehead atoms. The van der Waals surface area contributed by atoms with E-state index in [1.165, 1.54) is 0 Å². The summed E-state index contributed by atoms with van der Waals surface area (Å²) in [6.07, 6.45) is 3.54. The van der Waals surface area contributed by atoms with E-state index >= 15 is 0 Å². The number of amides is 1. The zero-order chi connectivity index (χ0) is 10.7. The summed E-state index contributed by atoms with van der Waals surface area (Å²) in [7, 11) is 0. The summed E-state index contributed by atoms with van der Waals surface area (Å²) in [4.78, 5) is 18.7. The van der Waals surface area contributed by atoms with E-state index in [9.17, 15) is 4.79 Å². The van der Waals surface area contributed by atoms with Gasteiger partial charge in [0.05, 0.1) is 0 Å². The van der Waals surface area contributed by atoms with Gasteiger partial charge in [-0.2, -0.15) is 0 Å². The SMILES string of the molecule is O=C(Cl)N1CCN(c2ccncc2)CC1. The van der Waals surface area contributed by atoms with Crippen molar-refractivity contribution in [3.63, 3.8) is 0 Å². The maximum atomic E-state index is 10.9. The predicted molar refractivity (Wildman–Crippen MR) is 59.3 cm³/mol. The van der Waals surface area contributed by atoms with Gasteiger partial charge in [0.1, 0.15) is 0 Å². The fraction of sp³-hybridized carbons (Fsp3) is 0.400. The molecule has 0 spiro atoms. The van der Waals surface area contributed by atoms with Crippen LogP contribution in [-0.4, -0.2) is 41.4 Å². The largest absolute Gasteiger partial charge is 0.368 e. The summed E-state index contributed by atoms with van der Waals surface area (Å²) in [6, 6.07) is 3.94. The Hall–Kier alpha value is -1.29. The van der Waals surface area contributed by atoms with Crippen LogP contribution in [0.3, 0.4) is 0 Å². The zero-order valence-electron chi connectivity index (χ0n) is 8.27. The molecule has 80 valence electrons. The Morgan fingerprint density at radius 3 is 2.33 bits per heavy atom. The second-order valence-electron chi connectivity index (χ2n) is 3.43. The van der Waals surface area contributed by atoms with E-state index in [-0.39, 0.29) is 5.37 Å². The van der Waals surface area contributed by atoms with Crippen molar-refractivity contribution in [2.45, 2.75) is 0 Å². The normalized spacial score (nSPS) is 16.6. The van der Waals surface area contributed by atoms with Gasteiger partial charge >= 0.3 is 5.37 Å². The lowest BCUT2D eigenvalue weighted by atomic mass is 10.3. The lowest BCUT2D eigenvalue weighted by Crippen LogP contribution is -2.47. The molecular formula is C10H12ClN3O. The van der Waals surface area contributed by atoms with Crippen molar-refractivity contribution in [2.24, 2.45) is 0 Å². The number of piperazine rings is 1. The molecule has 0 N–H and O–H groups in total. The molecule has 1 saturated heterocycles. The summed E-state index contributed by atoms with van der Waals surface area (Å²) in [5.41, 5.74) is 1.15. The molecule has 1 aromatic rings. The minimum Gasteiger partial charge on any atom is -0.368 e. The van der Waals surface area contributed by atoms with Gasteiger partial charge in [0, 0.05) is 44.3 Å². The molecule has 0 saturated carbocycles. The van der Waals surface area contributed by atoms with Gasteiger partial charge in [-0.3, -0.25) is 9.78 Å². The second kappa shape index (κ2) is 4.49. The minimum atomic E-state index is -0.357. The highest BCUT2D eigenvalue weighted by Crippen LogP contribution is 2.15. The number of nitrogens with zero attached hydrogens (tertiary/aromatic N) is 3. The van der Waals surface area contributed by atoms with E-state index in [4.69, 9.17) is 11.6 Å². The highest BCUT2D eigenvalue weighted by molar-refractivity contribution is 6.62. The fourth-order valence-corrected chi connectivity index (χ4v) is 1.86. The monoisotopic (exact) mass is 225 g/mol. The maximum absolute atomic E-state index is 10.9. The van der Waals surface area contributed by atoms with Gasteiger partial charge in [0.15, 0.2) is 0 Å². The molecule has 1 aliphatic heterocycles. The van der Waals surface area contributed by atoms with Crippen LogP contribution in [0.25, 0.3) is 0 Å². The fourth-order valence-electron chi connectivity index (χ4n) is 1.70. The summed E-state index contributed by atoms with van der Waals surface area (Å²) in [6.45, 7) is 3.01. The predicted octanol–water partition coefficient (Wildman–Crippen LogP) is 1.56. The number of hydrogen-bond donors (Lipinski definition) is 0. The molecule has 1 amide bonds. The van der Waals surface area contributed by atoms with Gasteiger partial charge in [0.25, 0.3) is 0 Å². The van der Waals surface area contributed by atoms with Crippen molar-refractivity contribution in [3.8, 4) is 0 Å². The van der Waals surface area contributed by atoms with E-state index in [1.807, 2.05) is 12.1 Å². The van der Waals surface area contributed by atoms with Crippen LogP contribution in [0.5, 0.6) is 0 Å². The number of halogens is 1. The maximum Gasteiger partial charge on any atom is 0.316 e. The molecule has 15 heavy (non-hydrogen) atoms. The summed E-state index contributed by atoms with van der Waals surface area (Å²) in [5.74, 6) is 0. The summed E-state index contributed by atoms with van der Waals surface area (Å²) in [5, 5.41) is -0.357. The van der Waals surface area contributed by atoms with Crippen LogP contribution in [0.2, 0.25) is 0 Å². The molecule has 2 heterocycles. The molecule has 1 fully saturated rings. The molecule has 4 nitrogen and oxygen atoms in total. The van der Waals surface area contributed by atoms with Crippen LogP contribution in [0.1, 0.15) is 0 Å². The van der Waals surface area contributed by atoms with Crippen LogP contribution in [0, 0.1) is 0 Å². The van der Waals surface area contributed by atoms with Crippen LogP contribution in [0.15, 0.2) is 24.5 Å². The number of carbonyl (C=O) groups excluding carboxylic acids is 1. The lowest BCUT2D eigenvalue weighted by molar-refractivity contribution is 0.218. The Morgan fingerprint density at radius 1 is 1.20 bits per heavy atom. The van der Waals surface area contributed by atoms with Crippen molar-refractivity contribution >= 4 is 22.7 Å². The Balaban J connectivity index is 1.97. The Bertz CT molecular complexity index is 336. The van der Waals surface area contributed by atoms with E-state index in [0.29, 0.717) is 13.1 Å². The van der Waals surface area contributed by atoms with Crippen molar-refractivity contribution in [1.82, 2.24) is 9.88 Å². The average Bonchev–Trinajstić information content (AvgIpc) is 2.30. The molecule has 0 atom stereocenters. The van der Waals surface area contributed by atoms with Gasteiger partial charge in [-0.05, 0) is 23.7 Å². The molecule has 5 heteroatoms. The van der Waals surface area contributed by atoms with Gasteiger partial charge in [-0.15, -0.1) is 0 Å². The van der Waals surface area contributed by atoms with E-state index in [1.54, 1.807) is 17.3 Å². The third-order valence-corrected chi connectivity index (χ3v) is 2.80. The van der Waals surface area contributed by atoms with Crippen LogP contribution >= 0.6 is 11.6 Å². The Morgan fingerprint density at radius 2 is 1.80 bits per heavy atom. The number of aromatic nitrogens is 1. The second-order valence-corrected chi connectivity index (χ2v) is 3.76. The molecule has 1 aromatic heterocycles. The first kappa shape index (κ1) is 10.2. The highest BCUT2D eigenvalue weighted by Gasteiger charge is 2.19. The Kier molecular flexibility index (Phi) is 3.06. The number of carbonyl (C=O) groups is 1. The first-order chi connectivity index (χ1) is 7.27. The molecule has 0 radical (unpaired) electrons.